The van der Waals surface area contributed by atoms with Gasteiger partial charge in [-0.1, -0.05) is 0 Å². The Morgan fingerprint density at radius 1 is 1.53 bits per heavy atom. The maximum atomic E-state index is 11.6. The van der Waals surface area contributed by atoms with E-state index in [0.29, 0.717) is 5.92 Å². The number of hydrogen-bond acceptors (Lipinski definition) is 3. The third kappa shape index (κ3) is 4.51. The smallest absolute Gasteiger partial charge is 0.410 e. The summed E-state index contributed by atoms with van der Waals surface area (Å²) in [7, 11) is 1.80. The fourth-order valence-corrected chi connectivity index (χ4v) is 1.67. The first-order valence-corrected chi connectivity index (χ1v) is 5.53. The molecule has 1 N–H and O–H groups in total. The molecule has 15 heavy (non-hydrogen) atoms. The third-order valence-corrected chi connectivity index (χ3v) is 2.40. The topological polar surface area (TPSA) is 41.6 Å². The van der Waals surface area contributed by atoms with Gasteiger partial charge < -0.3 is 15.0 Å². The van der Waals surface area contributed by atoms with Crippen LogP contribution in [0.15, 0.2) is 0 Å². The Bertz CT molecular complexity index is 217. The summed E-state index contributed by atoms with van der Waals surface area (Å²) in [4.78, 5) is 13.3. The molecule has 1 aliphatic rings. The fraction of sp³-hybridized carbons (Fsp3) is 0.909. The summed E-state index contributed by atoms with van der Waals surface area (Å²) in [5.74, 6) is 0.572. The number of rotatable bonds is 2. The second-order valence-electron chi connectivity index (χ2n) is 5.22. The molecule has 1 amide bonds. The molecule has 1 aliphatic heterocycles. The Hall–Kier alpha value is -0.770. The Balaban J connectivity index is 2.32. The van der Waals surface area contributed by atoms with Crippen molar-refractivity contribution in [3.05, 3.63) is 0 Å². The lowest BCUT2D eigenvalue weighted by molar-refractivity contribution is 0.0277. The second-order valence-corrected chi connectivity index (χ2v) is 5.22. The summed E-state index contributed by atoms with van der Waals surface area (Å²) in [5.41, 5.74) is -0.404. The van der Waals surface area contributed by atoms with E-state index in [4.69, 9.17) is 4.74 Å². The summed E-state index contributed by atoms with van der Waals surface area (Å²) in [5, 5.41) is 3.29. The van der Waals surface area contributed by atoms with Gasteiger partial charge in [0.15, 0.2) is 0 Å². The first-order valence-electron chi connectivity index (χ1n) is 5.53. The van der Waals surface area contributed by atoms with Crippen molar-refractivity contribution in [1.29, 1.82) is 0 Å². The zero-order chi connectivity index (χ0) is 11.5. The molecular weight excluding hydrogens is 192 g/mol. The van der Waals surface area contributed by atoms with Crippen molar-refractivity contribution in [2.45, 2.75) is 32.8 Å². The molecule has 4 nitrogen and oxygen atoms in total. The number of nitrogens with one attached hydrogen (secondary N) is 1. The molecular formula is C11H22N2O2. The van der Waals surface area contributed by atoms with Crippen LogP contribution in [-0.4, -0.2) is 43.3 Å². The fourth-order valence-electron chi connectivity index (χ4n) is 1.67. The average molecular weight is 214 g/mol. The van der Waals surface area contributed by atoms with Crippen LogP contribution in [0.3, 0.4) is 0 Å². The molecule has 4 heteroatoms. The first-order chi connectivity index (χ1) is 6.88. The summed E-state index contributed by atoms with van der Waals surface area (Å²) in [6, 6.07) is 0. The zero-order valence-corrected chi connectivity index (χ0v) is 10.2. The van der Waals surface area contributed by atoms with Crippen molar-refractivity contribution in [2.24, 2.45) is 5.92 Å². The van der Waals surface area contributed by atoms with E-state index in [1.165, 1.54) is 0 Å². The molecule has 0 aromatic carbocycles. The van der Waals surface area contributed by atoms with Gasteiger partial charge in [0.25, 0.3) is 0 Å². The number of carbonyl (C=O) groups excluding carboxylic acids is 1. The van der Waals surface area contributed by atoms with Gasteiger partial charge in [0.1, 0.15) is 5.60 Å². The molecule has 1 rings (SSSR count). The van der Waals surface area contributed by atoms with Crippen LogP contribution in [0.5, 0.6) is 0 Å². The lowest BCUT2D eigenvalue weighted by Gasteiger charge is -2.26. The Kier molecular flexibility index (Phi) is 3.97. The molecule has 0 aliphatic carbocycles. The normalized spacial score (nSPS) is 21.5. The monoisotopic (exact) mass is 214 g/mol. The first kappa shape index (κ1) is 12.3. The SMILES string of the molecule is CN(C[C@H]1CCNC1)C(=O)OC(C)(C)C. The van der Waals surface area contributed by atoms with Crippen LogP contribution in [0.25, 0.3) is 0 Å². The summed E-state index contributed by atoms with van der Waals surface area (Å²) in [6.07, 6.45) is 0.919. The molecule has 0 radical (unpaired) electrons. The van der Waals surface area contributed by atoms with Gasteiger partial charge in [-0.25, -0.2) is 4.79 Å². The van der Waals surface area contributed by atoms with Gasteiger partial charge in [0.05, 0.1) is 0 Å². The predicted octanol–water partition coefficient (Wildman–Crippen LogP) is 1.46. The summed E-state index contributed by atoms with van der Waals surface area (Å²) < 4.78 is 5.28. The minimum atomic E-state index is -0.404. The molecule has 0 spiro atoms. The van der Waals surface area contributed by atoms with Gasteiger partial charge in [0.2, 0.25) is 0 Å². The Labute approximate surface area is 92.0 Å². The van der Waals surface area contributed by atoms with Gasteiger partial charge in [-0.3, -0.25) is 0 Å². The lowest BCUT2D eigenvalue weighted by atomic mass is 10.1. The zero-order valence-electron chi connectivity index (χ0n) is 10.2. The van der Waals surface area contributed by atoms with Crippen LogP contribution in [0, 0.1) is 5.92 Å². The number of hydrogen-bond donors (Lipinski definition) is 1. The van der Waals surface area contributed by atoms with E-state index in [2.05, 4.69) is 5.32 Å². The standard InChI is InChI=1S/C11H22N2O2/c1-11(2,3)15-10(14)13(4)8-9-5-6-12-7-9/h9,12H,5-8H2,1-4H3/t9-/m0/s1. The number of ether oxygens (including phenoxy) is 1. The quantitative estimate of drug-likeness (QED) is 0.756. The van der Waals surface area contributed by atoms with Crippen molar-refractivity contribution in [1.82, 2.24) is 10.2 Å². The highest BCUT2D eigenvalue weighted by Gasteiger charge is 2.23. The van der Waals surface area contributed by atoms with Crippen molar-refractivity contribution >= 4 is 6.09 Å². The van der Waals surface area contributed by atoms with Crippen LogP contribution < -0.4 is 5.32 Å². The molecule has 1 heterocycles. The van der Waals surface area contributed by atoms with Crippen molar-refractivity contribution < 1.29 is 9.53 Å². The van der Waals surface area contributed by atoms with Gasteiger partial charge >= 0.3 is 6.09 Å². The Morgan fingerprint density at radius 3 is 2.67 bits per heavy atom. The highest BCUT2D eigenvalue weighted by Crippen LogP contribution is 2.12. The van der Waals surface area contributed by atoms with Crippen LogP contribution in [-0.2, 0) is 4.74 Å². The van der Waals surface area contributed by atoms with Gasteiger partial charge in [-0.05, 0) is 46.2 Å². The largest absolute Gasteiger partial charge is 0.444 e. The van der Waals surface area contributed by atoms with E-state index in [9.17, 15) is 4.79 Å². The lowest BCUT2D eigenvalue weighted by Crippen LogP contribution is -2.37. The van der Waals surface area contributed by atoms with Gasteiger partial charge in [-0.2, -0.15) is 0 Å². The second kappa shape index (κ2) is 4.84. The van der Waals surface area contributed by atoms with E-state index < -0.39 is 5.60 Å². The van der Waals surface area contributed by atoms with E-state index in [0.717, 1.165) is 26.1 Å². The maximum absolute atomic E-state index is 11.6. The number of carbonyl (C=O) groups is 1. The van der Waals surface area contributed by atoms with Crippen molar-refractivity contribution in [2.75, 3.05) is 26.7 Å². The molecule has 0 bridgehead atoms. The molecule has 1 fully saturated rings. The van der Waals surface area contributed by atoms with Crippen molar-refractivity contribution in [3.63, 3.8) is 0 Å². The van der Waals surface area contributed by atoms with E-state index >= 15 is 0 Å². The number of amides is 1. The van der Waals surface area contributed by atoms with Crippen LogP contribution in [0.2, 0.25) is 0 Å². The average Bonchev–Trinajstić information content (AvgIpc) is 2.53. The van der Waals surface area contributed by atoms with E-state index in [1.807, 2.05) is 20.8 Å². The van der Waals surface area contributed by atoms with Crippen molar-refractivity contribution in [3.8, 4) is 0 Å². The molecule has 1 atom stereocenters. The minimum Gasteiger partial charge on any atom is -0.444 e. The maximum Gasteiger partial charge on any atom is 0.410 e. The molecule has 88 valence electrons. The molecule has 0 aromatic heterocycles. The minimum absolute atomic E-state index is 0.227. The Morgan fingerprint density at radius 2 is 2.20 bits per heavy atom. The van der Waals surface area contributed by atoms with Crippen LogP contribution in [0.1, 0.15) is 27.2 Å². The van der Waals surface area contributed by atoms with Gasteiger partial charge in [-0.15, -0.1) is 0 Å². The summed E-state index contributed by atoms with van der Waals surface area (Å²) >= 11 is 0. The molecule has 0 saturated carbocycles. The highest BCUT2D eigenvalue weighted by atomic mass is 16.6. The third-order valence-electron chi connectivity index (χ3n) is 2.40. The number of nitrogens with zero attached hydrogens (tertiary/aromatic N) is 1. The predicted molar refractivity (Wildman–Crippen MR) is 59.8 cm³/mol. The van der Waals surface area contributed by atoms with E-state index in [1.54, 1.807) is 11.9 Å². The van der Waals surface area contributed by atoms with Crippen LogP contribution in [0.4, 0.5) is 4.79 Å². The van der Waals surface area contributed by atoms with E-state index in [-0.39, 0.29) is 6.09 Å². The molecule has 0 aromatic rings. The van der Waals surface area contributed by atoms with Crippen LogP contribution >= 0.6 is 0 Å². The molecule has 1 saturated heterocycles. The molecule has 0 unspecified atom stereocenters. The summed E-state index contributed by atoms with van der Waals surface area (Å²) in [6.45, 7) is 8.50. The highest BCUT2D eigenvalue weighted by molar-refractivity contribution is 5.67. The van der Waals surface area contributed by atoms with Gasteiger partial charge in [0, 0.05) is 13.6 Å².